The summed E-state index contributed by atoms with van der Waals surface area (Å²) in [7, 11) is -2.85. The van der Waals surface area contributed by atoms with Crippen LogP contribution in [-0.4, -0.2) is 27.5 Å². The summed E-state index contributed by atoms with van der Waals surface area (Å²) in [6.07, 6.45) is 7.72. The first kappa shape index (κ1) is 24.3. The first-order valence-corrected chi connectivity index (χ1v) is 12.7. The minimum Gasteiger partial charge on any atom is -0.465 e. The van der Waals surface area contributed by atoms with Crippen LogP contribution in [0.5, 0.6) is 0 Å². The van der Waals surface area contributed by atoms with Crippen molar-refractivity contribution in [2.24, 2.45) is 5.92 Å². The highest BCUT2D eigenvalue weighted by atomic mass is 32.2. The van der Waals surface area contributed by atoms with Crippen LogP contribution in [0.3, 0.4) is 0 Å². The number of carbonyl (C=O) groups is 1. The highest BCUT2D eigenvalue weighted by Crippen LogP contribution is 2.30. The van der Waals surface area contributed by atoms with Crippen LogP contribution in [0.2, 0.25) is 0 Å². The number of hydrogen-bond acceptors (Lipinski definition) is 6. The third-order valence-electron chi connectivity index (χ3n) is 6.18. The van der Waals surface area contributed by atoms with Gasteiger partial charge in [-0.2, -0.15) is 0 Å². The van der Waals surface area contributed by atoms with E-state index in [1.807, 2.05) is 12.1 Å². The maximum absolute atomic E-state index is 13.2. The van der Waals surface area contributed by atoms with Crippen LogP contribution in [0.15, 0.2) is 33.6 Å². The Morgan fingerprint density at radius 1 is 1.16 bits per heavy atom. The highest BCUT2D eigenvalue weighted by Gasteiger charge is 2.32. The maximum Gasteiger partial charge on any atom is 0.342 e. The van der Waals surface area contributed by atoms with Crippen LogP contribution in [0.1, 0.15) is 72.9 Å². The van der Waals surface area contributed by atoms with E-state index in [4.69, 9.17) is 9.15 Å². The SMILES string of the molecule is COC(=O)c1c(C)oc(C)c1S(=O)(=O)Nc1ccccc1CN[C@@H](C)CC1CCCCC1. The number of hydrogen-bond donors (Lipinski definition) is 2. The zero-order valence-electron chi connectivity index (χ0n) is 19.4. The maximum atomic E-state index is 13.2. The van der Waals surface area contributed by atoms with E-state index in [-0.39, 0.29) is 22.0 Å². The molecule has 1 atom stereocenters. The molecule has 1 heterocycles. The normalized spacial score (nSPS) is 16.0. The van der Waals surface area contributed by atoms with Gasteiger partial charge in [0, 0.05) is 12.6 Å². The monoisotopic (exact) mass is 462 g/mol. The van der Waals surface area contributed by atoms with Crippen molar-refractivity contribution in [2.45, 2.75) is 76.8 Å². The van der Waals surface area contributed by atoms with Gasteiger partial charge in [0.2, 0.25) is 0 Å². The van der Waals surface area contributed by atoms with Crippen LogP contribution in [0.25, 0.3) is 0 Å². The van der Waals surface area contributed by atoms with E-state index in [0.717, 1.165) is 17.9 Å². The molecule has 3 rings (SSSR count). The molecule has 1 aliphatic rings. The summed E-state index contributed by atoms with van der Waals surface area (Å²) in [4.78, 5) is 12.0. The molecule has 1 aromatic carbocycles. The minimum atomic E-state index is -4.07. The van der Waals surface area contributed by atoms with E-state index in [1.54, 1.807) is 19.1 Å². The van der Waals surface area contributed by atoms with Gasteiger partial charge in [0.1, 0.15) is 22.0 Å². The predicted octanol–water partition coefficient (Wildman–Crippen LogP) is 4.93. The number of benzene rings is 1. The van der Waals surface area contributed by atoms with Crippen molar-refractivity contribution < 1.29 is 22.4 Å². The molecule has 2 aromatic rings. The van der Waals surface area contributed by atoms with Crippen molar-refractivity contribution in [3.05, 3.63) is 46.9 Å². The van der Waals surface area contributed by atoms with Crippen LogP contribution in [0, 0.1) is 19.8 Å². The molecule has 32 heavy (non-hydrogen) atoms. The third kappa shape index (κ3) is 5.72. The Morgan fingerprint density at radius 3 is 2.53 bits per heavy atom. The lowest BCUT2D eigenvalue weighted by molar-refractivity contribution is 0.0595. The summed E-state index contributed by atoms with van der Waals surface area (Å²) in [6, 6.07) is 7.62. The lowest BCUT2D eigenvalue weighted by Gasteiger charge is -2.25. The van der Waals surface area contributed by atoms with Crippen molar-refractivity contribution in [1.29, 1.82) is 0 Å². The van der Waals surface area contributed by atoms with Crippen molar-refractivity contribution in [1.82, 2.24) is 5.32 Å². The van der Waals surface area contributed by atoms with Gasteiger partial charge in [0.15, 0.2) is 0 Å². The minimum absolute atomic E-state index is 0.0748. The van der Waals surface area contributed by atoms with Crippen molar-refractivity contribution in [3.8, 4) is 0 Å². The molecular formula is C24H34N2O5S. The van der Waals surface area contributed by atoms with Gasteiger partial charge in [-0.15, -0.1) is 0 Å². The second-order valence-corrected chi connectivity index (χ2v) is 10.3. The molecule has 0 aliphatic heterocycles. The number of para-hydroxylation sites is 1. The highest BCUT2D eigenvalue weighted by molar-refractivity contribution is 7.92. The molecule has 176 valence electrons. The summed E-state index contributed by atoms with van der Waals surface area (Å²) in [5, 5.41) is 3.54. The van der Waals surface area contributed by atoms with E-state index in [0.29, 0.717) is 18.3 Å². The number of aryl methyl sites for hydroxylation is 2. The van der Waals surface area contributed by atoms with E-state index in [1.165, 1.54) is 46.1 Å². The number of carbonyl (C=O) groups excluding carboxylic acids is 1. The summed E-state index contributed by atoms with van der Waals surface area (Å²) in [5.41, 5.74) is 1.23. The van der Waals surface area contributed by atoms with E-state index in [2.05, 4.69) is 17.0 Å². The molecule has 2 N–H and O–H groups in total. The number of esters is 1. The number of ether oxygens (including phenoxy) is 1. The Hall–Kier alpha value is -2.32. The fraction of sp³-hybridized carbons (Fsp3) is 0.542. The topological polar surface area (TPSA) is 97.6 Å². The third-order valence-corrected chi connectivity index (χ3v) is 7.70. The van der Waals surface area contributed by atoms with Gasteiger partial charge in [-0.05, 0) is 44.7 Å². The standard InChI is InChI=1S/C24H34N2O5S/c1-16(14-19-10-6-5-7-11-19)25-15-20-12-8-9-13-21(20)26-32(28,29)23-18(3)31-17(2)22(23)24(27)30-4/h8-9,12-13,16,19,25-26H,5-7,10-11,14-15H2,1-4H3/t16-/m0/s1. The molecule has 1 aliphatic carbocycles. The number of furan rings is 1. The zero-order chi connectivity index (χ0) is 23.3. The van der Waals surface area contributed by atoms with Gasteiger partial charge in [-0.1, -0.05) is 50.3 Å². The second-order valence-electron chi connectivity index (χ2n) is 8.69. The fourth-order valence-corrected chi connectivity index (χ4v) is 6.09. The van der Waals surface area contributed by atoms with Crippen LogP contribution >= 0.6 is 0 Å². The fourth-order valence-electron chi connectivity index (χ4n) is 4.59. The Kier molecular flexibility index (Phi) is 8.00. The Labute approximate surface area is 191 Å². The van der Waals surface area contributed by atoms with E-state index in [9.17, 15) is 13.2 Å². The van der Waals surface area contributed by atoms with Gasteiger partial charge in [-0.25, -0.2) is 13.2 Å². The van der Waals surface area contributed by atoms with E-state index < -0.39 is 16.0 Å². The first-order chi connectivity index (χ1) is 15.2. The molecule has 0 bridgehead atoms. The van der Waals surface area contributed by atoms with Crippen molar-refractivity contribution in [2.75, 3.05) is 11.8 Å². The second kappa shape index (κ2) is 10.5. The van der Waals surface area contributed by atoms with Gasteiger partial charge in [0.05, 0.1) is 12.8 Å². The number of rotatable bonds is 9. The molecule has 0 spiro atoms. The smallest absolute Gasteiger partial charge is 0.342 e. The Morgan fingerprint density at radius 2 is 1.84 bits per heavy atom. The average Bonchev–Trinajstić information content (AvgIpc) is 3.07. The average molecular weight is 463 g/mol. The quantitative estimate of drug-likeness (QED) is 0.513. The van der Waals surface area contributed by atoms with Crippen molar-refractivity contribution >= 4 is 21.7 Å². The van der Waals surface area contributed by atoms with Gasteiger partial charge in [0.25, 0.3) is 10.0 Å². The van der Waals surface area contributed by atoms with Crippen LogP contribution < -0.4 is 10.0 Å². The van der Waals surface area contributed by atoms with Gasteiger partial charge < -0.3 is 14.5 Å². The molecule has 0 saturated heterocycles. The number of methoxy groups -OCH3 is 1. The lowest BCUT2D eigenvalue weighted by Crippen LogP contribution is -2.29. The van der Waals surface area contributed by atoms with Gasteiger partial charge in [-0.3, -0.25) is 4.72 Å². The summed E-state index contributed by atoms with van der Waals surface area (Å²) >= 11 is 0. The first-order valence-electron chi connectivity index (χ1n) is 11.2. The summed E-state index contributed by atoms with van der Waals surface area (Å²) in [6.45, 7) is 5.79. The molecule has 0 unspecified atom stereocenters. The summed E-state index contributed by atoms with van der Waals surface area (Å²) in [5.74, 6) is 0.378. The lowest BCUT2D eigenvalue weighted by atomic mass is 9.85. The number of sulfonamides is 1. The number of anilines is 1. The molecule has 0 radical (unpaired) electrons. The molecule has 8 heteroatoms. The van der Waals surface area contributed by atoms with E-state index >= 15 is 0 Å². The van der Waals surface area contributed by atoms with Crippen LogP contribution in [-0.2, 0) is 21.3 Å². The van der Waals surface area contributed by atoms with Gasteiger partial charge >= 0.3 is 5.97 Å². The van der Waals surface area contributed by atoms with Crippen LogP contribution in [0.4, 0.5) is 5.69 Å². The Bertz CT molecular complexity index is 1040. The Balaban J connectivity index is 1.75. The zero-order valence-corrected chi connectivity index (χ0v) is 20.2. The van der Waals surface area contributed by atoms with Crippen molar-refractivity contribution in [3.63, 3.8) is 0 Å². The number of nitrogens with one attached hydrogen (secondary N) is 2. The molecule has 1 fully saturated rings. The molecular weight excluding hydrogens is 428 g/mol. The predicted molar refractivity (Wildman–Crippen MR) is 124 cm³/mol. The molecule has 1 saturated carbocycles. The summed E-state index contributed by atoms with van der Waals surface area (Å²) < 4.78 is 39.3. The molecule has 7 nitrogen and oxygen atoms in total. The molecule has 0 amide bonds. The largest absolute Gasteiger partial charge is 0.465 e. The molecule has 1 aromatic heterocycles.